The molecule has 1 N–H and O–H groups in total. The number of likely N-dealkylation sites (tertiary alicyclic amines) is 1. The maximum Gasteiger partial charge on any atom is 0.276 e. The summed E-state index contributed by atoms with van der Waals surface area (Å²) in [6.07, 6.45) is 3.20. The highest BCUT2D eigenvalue weighted by atomic mass is 32.1. The molecule has 0 saturated carbocycles. The highest BCUT2D eigenvalue weighted by Crippen LogP contribution is 2.31. The Morgan fingerprint density at radius 2 is 1.97 bits per heavy atom. The van der Waals surface area contributed by atoms with Gasteiger partial charge in [-0.2, -0.15) is 5.10 Å². The van der Waals surface area contributed by atoms with Crippen molar-refractivity contribution in [2.45, 2.75) is 32.6 Å². The number of aromatic nitrogens is 6. The van der Waals surface area contributed by atoms with E-state index in [0.29, 0.717) is 41.0 Å². The number of nitrogens with zero attached hydrogens (tertiary/aromatic N) is 7. The molecule has 1 saturated heterocycles. The van der Waals surface area contributed by atoms with Crippen LogP contribution in [0.1, 0.15) is 56.1 Å². The minimum absolute atomic E-state index is 0.133. The van der Waals surface area contributed by atoms with Crippen molar-refractivity contribution in [3.63, 3.8) is 0 Å². The summed E-state index contributed by atoms with van der Waals surface area (Å²) in [4.78, 5) is 35.8. The lowest BCUT2D eigenvalue weighted by Crippen LogP contribution is -2.39. The third-order valence-corrected chi connectivity index (χ3v) is 7.16. The van der Waals surface area contributed by atoms with Gasteiger partial charge in [0, 0.05) is 42.0 Å². The van der Waals surface area contributed by atoms with E-state index in [1.54, 1.807) is 26.4 Å². The largest absolute Gasteiger partial charge is 0.337 e. The fourth-order valence-corrected chi connectivity index (χ4v) is 5.28. The van der Waals surface area contributed by atoms with Crippen LogP contribution >= 0.6 is 22.7 Å². The molecule has 0 aromatic carbocycles. The highest BCUT2D eigenvalue weighted by Gasteiger charge is 2.29. The Balaban J connectivity index is 1.24. The van der Waals surface area contributed by atoms with Gasteiger partial charge in [-0.3, -0.25) is 14.9 Å². The van der Waals surface area contributed by atoms with E-state index >= 15 is 0 Å². The molecule has 0 unspecified atom stereocenters. The standard InChI is InChI=1S/C20H20N8O2S2/c1-11-9-15-24-25-16(12(2)28(15)26-11)19(30)27-6-3-13(4-7-27)18-22-14(10-32-18)17(29)23-20-21-5-8-31-20/h5,8-10,13H,3-4,6-7H2,1-2H3,(H,21,23,29). The summed E-state index contributed by atoms with van der Waals surface area (Å²) in [6, 6.07) is 1.83. The number of thiazole rings is 2. The van der Waals surface area contributed by atoms with Crippen LogP contribution in [0.2, 0.25) is 0 Å². The van der Waals surface area contributed by atoms with Crippen molar-refractivity contribution in [1.29, 1.82) is 0 Å². The average Bonchev–Trinajstić information content (AvgIpc) is 3.54. The van der Waals surface area contributed by atoms with Crippen LogP contribution in [0.3, 0.4) is 0 Å². The van der Waals surface area contributed by atoms with Crippen molar-refractivity contribution >= 4 is 45.3 Å². The Hall–Kier alpha value is -3.25. The molecule has 12 heteroatoms. The molecule has 1 fully saturated rings. The van der Waals surface area contributed by atoms with E-state index in [0.717, 1.165) is 23.5 Å². The minimum Gasteiger partial charge on any atom is -0.337 e. The first-order valence-electron chi connectivity index (χ1n) is 10.1. The Morgan fingerprint density at radius 1 is 1.16 bits per heavy atom. The van der Waals surface area contributed by atoms with Crippen LogP contribution in [0.25, 0.3) is 5.65 Å². The summed E-state index contributed by atoms with van der Waals surface area (Å²) in [5.41, 5.74) is 2.87. The molecule has 10 nitrogen and oxygen atoms in total. The number of carbonyl (C=O) groups excluding carboxylic acids is 2. The predicted octanol–water partition coefficient (Wildman–Crippen LogP) is 2.93. The second kappa shape index (κ2) is 8.36. The molecule has 164 valence electrons. The number of nitrogens with one attached hydrogen (secondary N) is 1. The lowest BCUT2D eigenvalue weighted by molar-refractivity contribution is 0.0704. The number of carbonyl (C=O) groups is 2. The molecule has 5 rings (SSSR count). The van der Waals surface area contributed by atoms with Crippen molar-refractivity contribution in [3.05, 3.63) is 50.8 Å². The first-order chi connectivity index (χ1) is 15.5. The van der Waals surface area contributed by atoms with Gasteiger partial charge in [0.25, 0.3) is 11.8 Å². The van der Waals surface area contributed by atoms with Crippen molar-refractivity contribution in [3.8, 4) is 0 Å². The van der Waals surface area contributed by atoms with Gasteiger partial charge >= 0.3 is 0 Å². The molecule has 5 heterocycles. The van der Waals surface area contributed by atoms with Crippen LogP contribution < -0.4 is 5.32 Å². The van der Waals surface area contributed by atoms with Crippen LogP contribution in [0.5, 0.6) is 0 Å². The van der Waals surface area contributed by atoms with Crippen molar-refractivity contribution in [2.75, 3.05) is 18.4 Å². The Bertz CT molecular complexity index is 1290. The smallest absolute Gasteiger partial charge is 0.276 e. The SMILES string of the molecule is Cc1cc2nnc(C(=O)N3CCC(c4nc(C(=O)Nc5nccs5)cs4)CC3)c(C)n2n1. The van der Waals surface area contributed by atoms with Crippen molar-refractivity contribution < 1.29 is 9.59 Å². The van der Waals surface area contributed by atoms with Gasteiger partial charge in [-0.15, -0.1) is 32.9 Å². The summed E-state index contributed by atoms with van der Waals surface area (Å²) in [5, 5.41) is 20.5. The van der Waals surface area contributed by atoms with Gasteiger partial charge in [0.15, 0.2) is 16.5 Å². The zero-order valence-electron chi connectivity index (χ0n) is 17.5. The Morgan fingerprint density at radius 3 is 2.72 bits per heavy atom. The minimum atomic E-state index is -0.256. The third kappa shape index (κ3) is 3.86. The molecule has 4 aromatic heterocycles. The normalized spacial score (nSPS) is 14.8. The number of anilines is 1. The second-order valence-corrected chi connectivity index (χ2v) is 9.40. The molecular formula is C20H20N8O2S2. The molecule has 2 amide bonds. The summed E-state index contributed by atoms with van der Waals surface area (Å²) >= 11 is 2.85. The number of hydrogen-bond acceptors (Lipinski definition) is 9. The molecular weight excluding hydrogens is 448 g/mol. The number of piperidine rings is 1. The van der Waals surface area contributed by atoms with Crippen LogP contribution in [0, 0.1) is 13.8 Å². The van der Waals surface area contributed by atoms with Crippen LogP contribution in [-0.4, -0.2) is 59.6 Å². The number of amides is 2. The first kappa shape index (κ1) is 20.6. The second-order valence-electron chi connectivity index (χ2n) is 7.62. The molecule has 0 atom stereocenters. The van der Waals surface area contributed by atoms with Crippen molar-refractivity contribution in [1.82, 2.24) is 34.7 Å². The van der Waals surface area contributed by atoms with Gasteiger partial charge in [0.1, 0.15) is 5.69 Å². The maximum absolute atomic E-state index is 13.1. The molecule has 0 spiro atoms. The van der Waals surface area contributed by atoms with Gasteiger partial charge in [-0.25, -0.2) is 14.5 Å². The molecule has 0 bridgehead atoms. The van der Waals surface area contributed by atoms with E-state index in [-0.39, 0.29) is 17.7 Å². The lowest BCUT2D eigenvalue weighted by atomic mass is 9.97. The summed E-state index contributed by atoms with van der Waals surface area (Å²) < 4.78 is 1.66. The van der Waals surface area contributed by atoms with Gasteiger partial charge in [0.05, 0.1) is 16.4 Å². The van der Waals surface area contributed by atoms with Gasteiger partial charge in [-0.1, -0.05) is 0 Å². The van der Waals surface area contributed by atoms with Crippen LogP contribution in [-0.2, 0) is 0 Å². The molecule has 0 radical (unpaired) electrons. The van der Waals surface area contributed by atoms with Crippen LogP contribution in [0.15, 0.2) is 23.0 Å². The molecule has 4 aromatic rings. The number of hydrogen-bond donors (Lipinski definition) is 1. The predicted molar refractivity (Wildman–Crippen MR) is 120 cm³/mol. The zero-order chi connectivity index (χ0) is 22.2. The van der Waals surface area contributed by atoms with Crippen molar-refractivity contribution in [2.24, 2.45) is 0 Å². The highest BCUT2D eigenvalue weighted by molar-refractivity contribution is 7.13. The molecule has 0 aliphatic carbocycles. The van der Waals surface area contributed by atoms with E-state index < -0.39 is 0 Å². The summed E-state index contributed by atoms with van der Waals surface area (Å²) in [5.74, 6) is -0.173. The van der Waals surface area contributed by atoms with E-state index in [1.165, 1.54) is 22.7 Å². The lowest BCUT2D eigenvalue weighted by Gasteiger charge is -2.31. The fraction of sp³-hybridized carbons (Fsp3) is 0.350. The fourth-order valence-electron chi connectivity index (χ4n) is 3.78. The zero-order valence-corrected chi connectivity index (χ0v) is 19.1. The Kier molecular flexibility index (Phi) is 5.39. The third-order valence-electron chi connectivity index (χ3n) is 5.47. The van der Waals surface area contributed by atoms with E-state index in [1.807, 2.05) is 19.9 Å². The molecule has 32 heavy (non-hydrogen) atoms. The maximum atomic E-state index is 13.1. The molecule has 1 aliphatic rings. The number of fused-ring (bicyclic) bond motifs is 1. The number of aryl methyl sites for hydroxylation is 2. The quantitative estimate of drug-likeness (QED) is 0.489. The van der Waals surface area contributed by atoms with E-state index in [4.69, 9.17) is 0 Å². The van der Waals surface area contributed by atoms with E-state index in [2.05, 4.69) is 30.6 Å². The van der Waals surface area contributed by atoms with E-state index in [9.17, 15) is 9.59 Å². The Labute approximate surface area is 191 Å². The first-order valence-corrected chi connectivity index (χ1v) is 11.9. The van der Waals surface area contributed by atoms with Crippen LogP contribution in [0.4, 0.5) is 5.13 Å². The summed E-state index contributed by atoms with van der Waals surface area (Å²) in [6.45, 7) is 4.91. The van der Waals surface area contributed by atoms with Gasteiger partial charge < -0.3 is 4.90 Å². The average molecular weight is 469 g/mol. The number of rotatable bonds is 4. The summed E-state index contributed by atoms with van der Waals surface area (Å²) in [7, 11) is 0. The van der Waals surface area contributed by atoms with Gasteiger partial charge in [-0.05, 0) is 26.7 Å². The molecule has 1 aliphatic heterocycles. The monoisotopic (exact) mass is 468 g/mol. The topological polar surface area (TPSA) is 118 Å². The van der Waals surface area contributed by atoms with Gasteiger partial charge in [0.2, 0.25) is 0 Å².